The van der Waals surface area contributed by atoms with Gasteiger partial charge in [0.05, 0.1) is 13.0 Å². The van der Waals surface area contributed by atoms with Crippen LogP contribution in [0.5, 0.6) is 0 Å². The van der Waals surface area contributed by atoms with Gasteiger partial charge in [-0.25, -0.2) is 0 Å². The summed E-state index contributed by atoms with van der Waals surface area (Å²) in [6.07, 6.45) is 3.15. The Labute approximate surface area is 66.9 Å². The van der Waals surface area contributed by atoms with Crippen molar-refractivity contribution >= 4 is 5.97 Å². The zero-order valence-electron chi connectivity index (χ0n) is 6.88. The van der Waals surface area contributed by atoms with E-state index in [0.29, 0.717) is 12.5 Å². The van der Waals surface area contributed by atoms with Crippen molar-refractivity contribution in [2.75, 3.05) is 13.7 Å². The Morgan fingerprint density at radius 1 is 1.64 bits per heavy atom. The molecule has 0 aliphatic heterocycles. The van der Waals surface area contributed by atoms with Crippen molar-refractivity contribution < 1.29 is 9.53 Å². The normalized spacial score (nSPS) is 30.4. The molecule has 1 saturated carbocycles. The molecule has 2 N–H and O–H groups in total. The third-order valence-electron chi connectivity index (χ3n) is 2.47. The highest BCUT2D eigenvalue weighted by atomic mass is 16.5. The Morgan fingerprint density at radius 2 is 2.36 bits per heavy atom. The Morgan fingerprint density at radius 3 is 2.91 bits per heavy atom. The molecule has 1 rings (SSSR count). The van der Waals surface area contributed by atoms with Crippen molar-refractivity contribution in [3.05, 3.63) is 0 Å². The van der Waals surface area contributed by atoms with Gasteiger partial charge in [0, 0.05) is 0 Å². The van der Waals surface area contributed by atoms with Crippen LogP contribution in [0.25, 0.3) is 0 Å². The van der Waals surface area contributed by atoms with Crippen LogP contribution in [0.4, 0.5) is 0 Å². The van der Waals surface area contributed by atoms with Crippen LogP contribution >= 0.6 is 0 Å². The van der Waals surface area contributed by atoms with E-state index in [-0.39, 0.29) is 11.9 Å². The lowest BCUT2D eigenvalue weighted by Gasteiger charge is -2.14. The minimum absolute atomic E-state index is 0.0741. The molecule has 0 aromatic carbocycles. The number of esters is 1. The lowest BCUT2D eigenvalue weighted by molar-refractivity contribution is -0.146. The van der Waals surface area contributed by atoms with Gasteiger partial charge in [-0.15, -0.1) is 0 Å². The second-order valence-corrected chi connectivity index (χ2v) is 3.06. The maximum atomic E-state index is 11.1. The van der Waals surface area contributed by atoms with Crippen LogP contribution in [0.2, 0.25) is 0 Å². The van der Waals surface area contributed by atoms with Gasteiger partial charge in [0.1, 0.15) is 0 Å². The number of hydrogen-bond donors (Lipinski definition) is 1. The predicted octanol–water partition coefficient (Wildman–Crippen LogP) is 0.534. The molecule has 0 heterocycles. The molecular formula is C8H15NO2. The van der Waals surface area contributed by atoms with Crippen molar-refractivity contribution in [2.45, 2.75) is 19.3 Å². The van der Waals surface area contributed by atoms with Gasteiger partial charge in [0.15, 0.2) is 0 Å². The number of nitrogens with two attached hydrogens (primary N) is 1. The summed E-state index contributed by atoms with van der Waals surface area (Å²) in [7, 11) is 1.44. The molecule has 0 saturated heterocycles. The van der Waals surface area contributed by atoms with Crippen LogP contribution in [-0.4, -0.2) is 19.6 Å². The van der Waals surface area contributed by atoms with E-state index >= 15 is 0 Å². The van der Waals surface area contributed by atoms with Gasteiger partial charge < -0.3 is 10.5 Å². The number of ether oxygens (including phenoxy) is 1. The zero-order valence-corrected chi connectivity index (χ0v) is 6.88. The minimum atomic E-state index is -0.0852. The van der Waals surface area contributed by atoms with Gasteiger partial charge in [-0.2, -0.15) is 0 Å². The highest BCUT2D eigenvalue weighted by Gasteiger charge is 2.32. The Balaban J connectivity index is 2.49. The van der Waals surface area contributed by atoms with Gasteiger partial charge in [-0.05, 0) is 25.3 Å². The van der Waals surface area contributed by atoms with Gasteiger partial charge in [0.2, 0.25) is 0 Å². The molecule has 1 aliphatic rings. The minimum Gasteiger partial charge on any atom is -0.469 e. The van der Waals surface area contributed by atoms with E-state index in [0.717, 1.165) is 19.3 Å². The third-order valence-corrected chi connectivity index (χ3v) is 2.47. The first kappa shape index (κ1) is 8.53. The molecular weight excluding hydrogens is 142 g/mol. The molecule has 64 valence electrons. The van der Waals surface area contributed by atoms with Crippen LogP contribution in [0.1, 0.15) is 19.3 Å². The summed E-state index contributed by atoms with van der Waals surface area (Å²) in [6, 6.07) is 0. The smallest absolute Gasteiger partial charge is 0.308 e. The molecule has 3 nitrogen and oxygen atoms in total. The SMILES string of the molecule is COC(=O)C1CCCC1CN. The summed E-state index contributed by atoms with van der Waals surface area (Å²) in [5.41, 5.74) is 5.51. The maximum absolute atomic E-state index is 11.1. The Bertz CT molecular complexity index is 147. The van der Waals surface area contributed by atoms with E-state index in [1.54, 1.807) is 0 Å². The fraction of sp³-hybridized carbons (Fsp3) is 0.875. The van der Waals surface area contributed by atoms with Crippen molar-refractivity contribution in [1.82, 2.24) is 0 Å². The van der Waals surface area contributed by atoms with E-state index in [1.807, 2.05) is 0 Å². The lowest BCUT2D eigenvalue weighted by Crippen LogP contribution is -2.25. The number of hydrogen-bond acceptors (Lipinski definition) is 3. The standard InChI is InChI=1S/C8H15NO2/c1-11-8(10)7-4-2-3-6(7)5-9/h6-7H,2-5,9H2,1H3. The molecule has 0 aromatic rings. The summed E-state index contributed by atoms with van der Waals surface area (Å²) in [6.45, 7) is 0.611. The lowest BCUT2D eigenvalue weighted by atomic mass is 9.97. The second kappa shape index (κ2) is 3.72. The fourth-order valence-corrected chi connectivity index (χ4v) is 1.78. The number of rotatable bonds is 2. The van der Waals surface area contributed by atoms with E-state index in [4.69, 9.17) is 5.73 Å². The first-order valence-corrected chi connectivity index (χ1v) is 4.07. The summed E-state index contributed by atoms with van der Waals surface area (Å²) in [5.74, 6) is 0.352. The van der Waals surface area contributed by atoms with Crippen molar-refractivity contribution in [3.63, 3.8) is 0 Å². The van der Waals surface area contributed by atoms with Gasteiger partial charge >= 0.3 is 5.97 Å². The topological polar surface area (TPSA) is 52.3 Å². The first-order valence-electron chi connectivity index (χ1n) is 4.07. The van der Waals surface area contributed by atoms with Crippen LogP contribution in [0.15, 0.2) is 0 Å². The molecule has 0 radical (unpaired) electrons. The van der Waals surface area contributed by atoms with Crippen LogP contribution in [0, 0.1) is 11.8 Å². The number of carbonyl (C=O) groups is 1. The Hall–Kier alpha value is -0.570. The van der Waals surface area contributed by atoms with E-state index in [1.165, 1.54) is 7.11 Å². The molecule has 0 bridgehead atoms. The largest absolute Gasteiger partial charge is 0.469 e. The van der Waals surface area contributed by atoms with Crippen LogP contribution < -0.4 is 5.73 Å². The first-order chi connectivity index (χ1) is 5.29. The van der Waals surface area contributed by atoms with Gasteiger partial charge in [0.25, 0.3) is 0 Å². The summed E-state index contributed by atoms with van der Waals surface area (Å²) in [5, 5.41) is 0. The number of methoxy groups -OCH3 is 1. The fourth-order valence-electron chi connectivity index (χ4n) is 1.78. The Kier molecular flexibility index (Phi) is 2.88. The van der Waals surface area contributed by atoms with E-state index in [2.05, 4.69) is 4.74 Å². The van der Waals surface area contributed by atoms with Crippen LogP contribution in [-0.2, 0) is 9.53 Å². The van der Waals surface area contributed by atoms with Crippen molar-refractivity contribution in [1.29, 1.82) is 0 Å². The zero-order chi connectivity index (χ0) is 8.27. The summed E-state index contributed by atoms with van der Waals surface area (Å²) >= 11 is 0. The molecule has 2 atom stereocenters. The van der Waals surface area contributed by atoms with Gasteiger partial charge in [-0.3, -0.25) is 4.79 Å². The average Bonchev–Trinajstić information content (AvgIpc) is 2.50. The number of carbonyl (C=O) groups excluding carboxylic acids is 1. The maximum Gasteiger partial charge on any atom is 0.308 e. The molecule has 0 aromatic heterocycles. The predicted molar refractivity (Wildman–Crippen MR) is 41.9 cm³/mol. The highest BCUT2D eigenvalue weighted by Crippen LogP contribution is 2.31. The molecule has 11 heavy (non-hydrogen) atoms. The second-order valence-electron chi connectivity index (χ2n) is 3.06. The molecule has 3 heteroatoms. The quantitative estimate of drug-likeness (QED) is 0.595. The van der Waals surface area contributed by atoms with Crippen LogP contribution in [0.3, 0.4) is 0 Å². The van der Waals surface area contributed by atoms with Crippen molar-refractivity contribution in [3.8, 4) is 0 Å². The van der Waals surface area contributed by atoms with Crippen molar-refractivity contribution in [2.24, 2.45) is 17.6 Å². The molecule has 0 spiro atoms. The third kappa shape index (κ3) is 1.71. The molecule has 2 unspecified atom stereocenters. The highest BCUT2D eigenvalue weighted by molar-refractivity contribution is 5.72. The monoisotopic (exact) mass is 157 g/mol. The average molecular weight is 157 g/mol. The summed E-state index contributed by atoms with van der Waals surface area (Å²) in [4.78, 5) is 11.1. The molecule has 1 aliphatic carbocycles. The van der Waals surface area contributed by atoms with E-state index in [9.17, 15) is 4.79 Å². The van der Waals surface area contributed by atoms with E-state index < -0.39 is 0 Å². The van der Waals surface area contributed by atoms with Gasteiger partial charge in [-0.1, -0.05) is 6.42 Å². The molecule has 1 fully saturated rings. The molecule has 0 amide bonds. The summed E-state index contributed by atoms with van der Waals surface area (Å²) < 4.78 is 4.67.